The Labute approximate surface area is 127 Å². The maximum absolute atomic E-state index is 12.3. The summed E-state index contributed by atoms with van der Waals surface area (Å²) in [6.07, 6.45) is 0. The van der Waals surface area contributed by atoms with Crippen molar-refractivity contribution in [1.29, 1.82) is 0 Å². The first kappa shape index (κ1) is 20.6. The van der Waals surface area contributed by atoms with Crippen LogP contribution in [0.15, 0.2) is 0 Å². The van der Waals surface area contributed by atoms with E-state index in [0.29, 0.717) is 0 Å². The van der Waals surface area contributed by atoms with Crippen LogP contribution in [-0.2, 0) is 11.1 Å². The predicted octanol–water partition coefficient (Wildman–Crippen LogP) is -0.239. The Morgan fingerprint density at radius 2 is 1.18 bits per heavy atom. The van der Waals surface area contributed by atoms with Crippen LogP contribution in [0, 0.1) is 0 Å². The molecule has 2 nitrogen and oxygen atoms in total. The van der Waals surface area contributed by atoms with E-state index in [0.717, 1.165) is 0 Å². The monoisotopic (exact) mass is 414 g/mol. The van der Waals surface area contributed by atoms with E-state index in [1.165, 1.54) is 0 Å². The smallest absolute Gasteiger partial charge is 0.768 e. The van der Waals surface area contributed by atoms with Gasteiger partial charge in [-0.1, -0.05) is 0 Å². The molecule has 0 aliphatic heterocycles. The van der Waals surface area contributed by atoms with Gasteiger partial charge in [0.05, 0.1) is 0 Å². The fourth-order valence-electron chi connectivity index (χ4n) is 0.465. The van der Waals surface area contributed by atoms with Gasteiger partial charge in [0.2, 0.25) is 0 Å². The maximum atomic E-state index is 12.3. The van der Waals surface area contributed by atoms with Gasteiger partial charge in [-0.2, -0.15) is 35.1 Å². The van der Waals surface area contributed by atoms with E-state index in [2.05, 4.69) is 0 Å². The fourth-order valence-corrected chi connectivity index (χ4v) is 1.14. The first-order valence-electron chi connectivity index (χ1n) is 2.99. The van der Waals surface area contributed by atoms with E-state index in [4.69, 9.17) is 0 Å². The first-order chi connectivity index (χ1) is 6.69. The summed E-state index contributed by atoms with van der Waals surface area (Å²) in [5.41, 5.74) is 0. The van der Waals surface area contributed by atoms with Crippen LogP contribution < -0.4 is 29.6 Å². The molecule has 0 radical (unpaired) electrons. The predicted molar refractivity (Wildman–Crippen MR) is 42.7 cm³/mol. The quantitative estimate of drug-likeness (QED) is 0.210. The topological polar surface area (TPSA) is 40.1 Å². The second-order valence-electron chi connectivity index (χ2n) is 2.40. The van der Waals surface area contributed by atoms with Crippen molar-refractivity contribution in [1.82, 2.24) is 0 Å². The Morgan fingerprint density at radius 1 is 0.882 bits per heavy atom. The van der Waals surface area contributed by atoms with Crippen LogP contribution in [0.3, 0.4) is 0 Å². The van der Waals surface area contributed by atoms with Crippen LogP contribution in [0.2, 0.25) is 0 Å². The molecule has 13 heteroatoms. The van der Waals surface area contributed by atoms with Crippen LogP contribution >= 0.6 is 22.6 Å². The largest absolute Gasteiger partial charge is 1.00 e. The van der Waals surface area contributed by atoms with Gasteiger partial charge in [-0.15, -0.1) is 0 Å². The standard InChI is InChI=1S/C4HF8IO2S.Na/c5-1(6,3(9,10)13)2(7,8)4(11,12)16(14)15;/h(H,14,15);/q;+1/p-1. The fraction of sp³-hybridized carbons (Fsp3) is 1.00. The third-order valence-electron chi connectivity index (χ3n) is 1.33. The first-order valence-corrected chi connectivity index (χ1v) is 5.14. The van der Waals surface area contributed by atoms with Gasteiger partial charge in [0, 0.05) is 33.7 Å². The van der Waals surface area contributed by atoms with E-state index in [1.54, 1.807) is 0 Å². The Balaban J connectivity index is 0. The molecule has 0 aromatic carbocycles. The van der Waals surface area contributed by atoms with Crippen molar-refractivity contribution in [3.8, 4) is 0 Å². The zero-order chi connectivity index (χ0) is 13.6. The van der Waals surface area contributed by atoms with Crippen molar-refractivity contribution in [2.45, 2.75) is 21.0 Å². The molecule has 0 saturated heterocycles. The summed E-state index contributed by atoms with van der Waals surface area (Å²) in [6.45, 7) is 0. The summed E-state index contributed by atoms with van der Waals surface area (Å²) in [4.78, 5) is 0. The van der Waals surface area contributed by atoms with Crippen LogP contribution in [-0.4, -0.2) is 29.8 Å². The van der Waals surface area contributed by atoms with Gasteiger partial charge in [0.1, 0.15) is 0 Å². The van der Waals surface area contributed by atoms with E-state index < -0.39 is 54.7 Å². The molecule has 0 fully saturated rings. The molecule has 0 heterocycles. The second-order valence-corrected chi connectivity index (χ2v) is 4.74. The van der Waals surface area contributed by atoms with Crippen molar-refractivity contribution < 1.29 is 73.4 Å². The molecule has 0 spiro atoms. The van der Waals surface area contributed by atoms with Gasteiger partial charge in [0.25, 0.3) is 0 Å². The Kier molecular flexibility index (Phi) is 6.94. The van der Waals surface area contributed by atoms with Gasteiger partial charge in [0.15, 0.2) is 0 Å². The molecule has 1 atom stereocenters. The molecule has 0 aliphatic carbocycles. The number of hydrogen-bond acceptors (Lipinski definition) is 2. The normalized spacial score (nSPS) is 16.4. The number of alkyl halides is 9. The molecule has 1 unspecified atom stereocenters. The average Bonchev–Trinajstić information content (AvgIpc) is 2.00. The SMILES string of the molecule is O=S([O-])C(F)(F)C(F)(F)C(F)(F)C(F)(F)I.[Na+]. The van der Waals surface area contributed by atoms with Crippen molar-refractivity contribution in [2.75, 3.05) is 0 Å². The van der Waals surface area contributed by atoms with Crippen molar-refractivity contribution in [3.05, 3.63) is 0 Å². The number of rotatable bonds is 4. The Bertz CT molecular complexity index is 304. The summed E-state index contributed by atoms with van der Waals surface area (Å²) < 4.78 is 111. The van der Waals surface area contributed by atoms with Gasteiger partial charge in [-0.05, 0) is 0 Å². The van der Waals surface area contributed by atoms with E-state index in [9.17, 15) is 43.9 Å². The number of hydrogen-bond donors (Lipinski definition) is 0. The van der Waals surface area contributed by atoms with Crippen molar-refractivity contribution in [2.24, 2.45) is 0 Å². The molecular weight excluding hydrogens is 414 g/mol. The summed E-state index contributed by atoms with van der Waals surface area (Å²) in [6, 6.07) is 0. The molecule has 0 aliphatic rings. The van der Waals surface area contributed by atoms with E-state index in [1.807, 2.05) is 0 Å². The molecular formula is C4F8INaO2S. The maximum Gasteiger partial charge on any atom is 1.00 e. The van der Waals surface area contributed by atoms with Crippen molar-refractivity contribution in [3.63, 3.8) is 0 Å². The molecule has 0 saturated carbocycles. The van der Waals surface area contributed by atoms with Gasteiger partial charge >= 0.3 is 50.6 Å². The summed E-state index contributed by atoms with van der Waals surface area (Å²) in [7, 11) is 0. The minimum Gasteiger partial charge on any atom is -0.768 e. The van der Waals surface area contributed by atoms with Crippen LogP contribution in [0.4, 0.5) is 35.1 Å². The van der Waals surface area contributed by atoms with Gasteiger partial charge < -0.3 is 4.55 Å². The molecule has 17 heavy (non-hydrogen) atoms. The minimum atomic E-state index is -6.74. The molecule has 0 aromatic rings. The molecule has 0 bridgehead atoms. The van der Waals surface area contributed by atoms with Crippen LogP contribution in [0.25, 0.3) is 0 Å². The third-order valence-corrected chi connectivity index (χ3v) is 2.68. The molecule has 0 N–H and O–H groups in total. The van der Waals surface area contributed by atoms with Gasteiger partial charge in [-0.3, -0.25) is 4.21 Å². The zero-order valence-corrected chi connectivity index (χ0v) is 12.6. The molecule has 0 aromatic heterocycles. The molecule has 98 valence electrons. The van der Waals surface area contributed by atoms with E-state index >= 15 is 0 Å². The average molecular weight is 414 g/mol. The Morgan fingerprint density at radius 3 is 1.35 bits per heavy atom. The second kappa shape index (κ2) is 5.73. The van der Waals surface area contributed by atoms with Crippen LogP contribution in [0.1, 0.15) is 0 Å². The third kappa shape index (κ3) is 3.43. The Hall–Kier alpha value is 1.28. The summed E-state index contributed by atoms with van der Waals surface area (Å²) in [5, 5.41) is -6.31. The van der Waals surface area contributed by atoms with Crippen LogP contribution in [0.5, 0.6) is 0 Å². The summed E-state index contributed by atoms with van der Waals surface area (Å²) in [5.74, 6) is -13.3. The van der Waals surface area contributed by atoms with Crippen molar-refractivity contribution >= 4 is 33.7 Å². The van der Waals surface area contributed by atoms with Gasteiger partial charge in [-0.25, -0.2) is 0 Å². The number of halogens is 9. The molecule has 0 rings (SSSR count). The van der Waals surface area contributed by atoms with E-state index in [-0.39, 0.29) is 29.6 Å². The zero-order valence-electron chi connectivity index (χ0n) is 7.63. The minimum absolute atomic E-state index is 0. The molecule has 0 amide bonds. The summed E-state index contributed by atoms with van der Waals surface area (Å²) >= 11 is -5.47.